The van der Waals surface area contributed by atoms with E-state index in [9.17, 15) is 10.2 Å². The highest BCUT2D eigenvalue weighted by Crippen LogP contribution is 2.37. The van der Waals surface area contributed by atoms with Gasteiger partial charge >= 0.3 is 0 Å². The predicted octanol–water partition coefficient (Wildman–Crippen LogP) is 11.7. The van der Waals surface area contributed by atoms with Crippen molar-refractivity contribution in [3.05, 3.63) is 58.7 Å². The molecule has 45 heavy (non-hydrogen) atoms. The van der Waals surface area contributed by atoms with Gasteiger partial charge in [0.15, 0.2) is 33.3 Å². The highest BCUT2D eigenvalue weighted by atomic mass is 28.4. The van der Waals surface area contributed by atoms with Crippen LogP contribution in [0, 0.1) is 0 Å². The van der Waals surface area contributed by atoms with Gasteiger partial charge in [-0.3, -0.25) is 0 Å². The van der Waals surface area contributed by atoms with Gasteiger partial charge in [-0.15, -0.1) is 0 Å². The van der Waals surface area contributed by atoms with Crippen molar-refractivity contribution < 1.29 is 18.4 Å². The number of benzene rings is 2. The third kappa shape index (κ3) is 13.5. The first kappa shape index (κ1) is 40.0. The molecule has 0 fully saturated rings. The van der Waals surface area contributed by atoms with Crippen LogP contribution in [0.3, 0.4) is 0 Å². The summed E-state index contributed by atoms with van der Waals surface area (Å²) in [6.45, 7) is 28.0. The first-order chi connectivity index (χ1) is 20.7. The Kier molecular flexibility index (Phi) is 14.9. The monoisotopic (exact) mass is 688 g/mol. The van der Waals surface area contributed by atoms with E-state index in [0.717, 1.165) is 48.9 Å². The summed E-state index contributed by atoms with van der Waals surface area (Å²) in [6, 6.07) is 16.9. The zero-order chi connectivity index (χ0) is 34.1. The van der Waals surface area contributed by atoms with E-state index in [0.29, 0.717) is 11.5 Å². The Hall–Kier alpha value is -1.17. The quantitative estimate of drug-likeness (QED) is 0.136. The SMILES string of the molecule is CCCC[Si](C)(C)O[Si](C)(C)CCCc1cc(C(C)(C)c2ccc(O)c(CCC[Si](C)(C)O[Si](C)(C)CCCC)c2)ccc1O. The normalized spacial score (nSPS) is 13.4. The molecule has 0 spiro atoms. The van der Waals surface area contributed by atoms with Crippen LogP contribution in [-0.2, 0) is 26.5 Å². The van der Waals surface area contributed by atoms with Crippen molar-refractivity contribution in [3.8, 4) is 11.5 Å². The molecular weight excluding hydrogens is 621 g/mol. The molecule has 0 aliphatic heterocycles. The number of phenolic OH excluding ortho intramolecular Hbond substituents is 2. The molecule has 0 aliphatic rings. The van der Waals surface area contributed by atoms with Gasteiger partial charge in [-0.1, -0.05) is 77.6 Å². The van der Waals surface area contributed by atoms with E-state index >= 15 is 0 Å². The molecule has 0 aliphatic carbocycles. The number of rotatable bonds is 20. The summed E-state index contributed by atoms with van der Waals surface area (Å²) in [5.74, 6) is 0.767. The minimum absolute atomic E-state index is 0.261. The second-order valence-corrected chi connectivity index (χ2v) is 34.2. The summed E-state index contributed by atoms with van der Waals surface area (Å²) in [6.07, 6.45) is 8.74. The van der Waals surface area contributed by atoms with Crippen LogP contribution in [0.4, 0.5) is 0 Å². The molecule has 0 unspecified atom stereocenters. The molecule has 4 nitrogen and oxygen atoms in total. The fraction of sp³-hybridized carbons (Fsp3) is 0.676. The number of hydrogen-bond donors (Lipinski definition) is 2. The maximum Gasteiger partial charge on any atom is 0.173 e. The highest BCUT2D eigenvalue weighted by Gasteiger charge is 2.33. The number of phenols is 2. The van der Waals surface area contributed by atoms with Gasteiger partial charge in [0.2, 0.25) is 0 Å². The molecule has 0 heterocycles. The summed E-state index contributed by atoms with van der Waals surface area (Å²) in [5.41, 5.74) is 4.15. The third-order valence-electron chi connectivity index (χ3n) is 9.42. The van der Waals surface area contributed by atoms with E-state index in [-0.39, 0.29) is 5.41 Å². The lowest BCUT2D eigenvalue weighted by Crippen LogP contribution is -2.44. The molecule has 256 valence electrons. The smallest absolute Gasteiger partial charge is 0.173 e. The largest absolute Gasteiger partial charge is 0.508 e. The lowest BCUT2D eigenvalue weighted by Gasteiger charge is -2.34. The molecule has 8 heteroatoms. The van der Waals surface area contributed by atoms with Crippen LogP contribution < -0.4 is 0 Å². The van der Waals surface area contributed by atoms with Gasteiger partial charge in [-0.05, 0) is 137 Å². The predicted molar refractivity (Wildman–Crippen MR) is 206 cm³/mol. The maximum atomic E-state index is 10.8. The number of hydrogen-bond acceptors (Lipinski definition) is 4. The van der Waals surface area contributed by atoms with E-state index in [2.05, 4.69) is 104 Å². The van der Waals surface area contributed by atoms with E-state index in [4.69, 9.17) is 8.23 Å². The third-order valence-corrected chi connectivity index (χ3v) is 24.5. The summed E-state index contributed by atoms with van der Waals surface area (Å²) < 4.78 is 13.7. The standard InChI is InChI=1S/C37H68O4Si4/c1-13-15-25-42(5,6)40-44(9,10)27-17-19-31-29-33(21-23-35(31)38)37(3,4)34-22-24-36(39)32(30-34)20-18-28-45(11,12)41-43(7,8)26-16-14-2/h21-24,29-30,38-39H,13-20,25-28H2,1-12H3. The lowest BCUT2D eigenvalue weighted by atomic mass is 9.76. The van der Waals surface area contributed by atoms with E-state index in [1.807, 2.05) is 12.1 Å². The van der Waals surface area contributed by atoms with Crippen LogP contribution in [0.1, 0.15) is 88.5 Å². The van der Waals surface area contributed by atoms with Gasteiger partial charge in [-0.25, -0.2) is 0 Å². The lowest BCUT2D eigenvalue weighted by molar-refractivity contribution is 0.465. The first-order valence-electron chi connectivity index (χ1n) is 17.8. The van der Waals surface area contributed by atoms with Gasteiger partial charge in [0.05, 0.1) is 0 Å². The number of unbranched alkanes of at least 4 members (excludes halogenated alkanes) is 2. The summed E-state index contributed by atoms with van der Waals surface area (Å²) in [5, 5.41) is 21.6. The molecule has 2 aromatic rings. The fourth-order valence-corrected chi connectivity index (χ4v) is 24.9. The van der Waals surface area contributed by atoms with Gasteiger partial charge in [-0.2, -0.15) is 0 Å². The second-order valence-electron chi connectivity index (χ2n) is 16.5. The summed E-state index contributed by atoms with van der Waals surface area (Å²) in [4.78, 5) is 0. The molecule has 2 aromatic carbocycles. The van der Waals surface area contributed by atoms with Crippen molar-refractivity contribution in [2.24, 2.45) is 0 Å². The average molecular weight is 689 g/mol. The van der Waals surface area contributed by atoms with Crippen molar-refractivity contribution in [2.75, 3.05) is 0 Å². The molecule has 2 N–H and O–H groups in total. The van der Waals surface area contributed by atoms with Crippen LogP contribution in [-0.4, -0.2) is 43.5 Å². The van der Waals surface area contributed by atoms with Gasteiger partial charge < -0.3 is 18.4 Å². The fourth-order valence-electron chi connectivity index (χ4n) is 6.83. The first-order valence-corrected chi connectivity index (χ1v) is 30.2. The van der Waals surface area contributed by atoms with Gasteiger partial charge in [0.25, 0.3) is 0 Å². The molecule has 0 saturated heterocycles. The topological polar surface area (TPSA) is 58.9 Å². The van der Waals surface area contributed by atoms with Crippen molar-refractivity contribution in [2.45, 2.75) is 161 Å². The molecule has 2 rings (SSSR count). The zero-order valence-corrected chi connectivity index (χ0v) is 35.2. The zero-order valence-electron chi connectivity index (χ0n) is 31.2. The molecular formula is C37H68O4Si4. The maximum absolute atomic E-state index is 10.8. The van der Waals surface area contributed by atoms with Crippen molar-refractivity contribution >= 4 is 33.3 Å². The molecule has 0 aromatic heterocycles. The molecule has 0 radical (unpaired) electrons. The number of aromatic hydroxyl groups is 2. The van der Waals surface area contributed by atoms with Gasteiger partial charge in [0.1, 0.15) is 11.5 Å². The Labute approximate surface area is 281 Å². The van der Waals surface area contributed by atoms with E-state index < -0.39 is 33.3 Å². The molecule has 0 bridgehead atoms. The molecule has 0 amide bonds. The van der Waals surface area contributed by atoms with Crippen LogP contribution >= 0.6 is 0 Å². The Morgan fingerprint density at radius 2 is 0.844 bits per heavy atom. The highest BCUT2D eigenvalue weighted by molar-refractivity contribution is 6.85. The van der Waals surface area contributed by atoms with Crippen LogP contribution in [0.15, 0.2) is 36.4 Å². The Morgan fingerprint density at radius 1 is 0.533 bits per heavy atom. The van der Waals surface area contributed by atoms with Crippen LogP contribution in [0.2, 0.25) is 76.6 Å². The van der Waals surface area contributed by atoms with Crippen molar-refractivity contribution in [1.82, 2.24) is 0 Å². The van der Waals surface area contributed by atoms with E-state index in [1.54, 1.807) is 0 Å². The molecule has 0 atom stereocenters. The van der Waals surface area contributed by atoms with Crippen molar-refractivity contribution in [1.29, 1.82) is 0 Å². The van der Waals surface area contributed by atoms with Crippen molar-refractivity contribution in [3.63, 3.8) is 0 Å². The Bertz CT molecular complexity index is 1120. The minimum atomic E-state index is -1.76. The van der Waals surface area contributed by atoms with Crippen LogP contribution in [0.25, 0.3) is 0 Å². The summed E-state index contributed by atoms with van der Waals surface area (Å²) >= 11 is 0. The minimum Gasteiger partial charge on any atom is -0.508 e. The van der Waals surface area contributed by atoms with Crippen LogP contribution in [0.5, 0.6) is 11.5 Å². The Morgan fingerprint density at radius 3 is 1.16 bits per heavy atom. The van der Waals surface area contributed by atoms with E-state index in [1.165, 1.54) is 48.9 Å². The molecule has 0 saturated carbocycles. The number of aryl methyl sites for hydroxylation is 2. The second kappa shape index (κ2) is 16.8. The average Bonchev–Trinajstić information content (AvgIpc) is 2.91. The Balaban J connectivity index is 2.10. The van der Waals surface area contributed by atoms with Gasteiger partial charge in [0, 0.05) is 5.41 Å². The summed E-state index contributed by atoms with van der Waals surface area (Å²) in [7, 11) is -6.77.